The summed E-state index contributed by atoms with van der Waals surface area (Å²) in [5, 5.41) is 0. The van der Waals surface area contributed by atoms with Crippen molar-refractivity contribution >= 4 is 23.0 Å². The van der Waals surface area contributed by atoms with Gasteiger partial charge in [-0.05, 0) is 91.3 Å². The Balaban J connectivity index is 1.53. The average molecular weight is 491 g/mol. The molecule has 32 heavy (non-hydrogen) atoms. The number of fused-ring (bicyclic) bond motifs is 5. The van der Waals surface area contributed by atoms with Gasteiger partial charge in [-0.2, -0.15) is 0 Å². The molecule has 3 heteroatoms. The smallest absolute Gasteiger partial charge is 0.0327 e. The van der Waals surface area contributed by atoms with Gasteiger partial charge in [0.05, 0.1) is 0 Å². The first-order valence-electron chi connectivity index (χ1n) is 14.7. The van der Waals surface area contributed by atoms with E-state index in [1.54, 1.807) is 57.8 Å². The molecule has 0 aliphatic heterocycles. The van der Waals surface area contributed by atoms with E-state index >= 15 is 0 Å². The van der Waals surface area contributed by atoms with Crippen molar-refractivity contribution in [2.75, 3.05) is 0 Å². The number of rotatable bonds is 5. The third-order valence-corrected chi connectivity index (χ3v) is 47.3. The lowest BCUT2D eigenvalue weighted by Crippen LogP contribution is -2.63. The van der Waals surface area contributed by atoms with Crippen molar-refractivity contribution in [3.05, 3.63) is 0 Å². The zero-order valence-electron chi connectivity index (χ0n) is 23.7. The monoisotopic (exact) mass is 490 g/mol. The minimum Gasteiger partial charge on any atom is -0.0719 e. The van der Waals surface area contributed by atoms with Crippen LogP contribution in [0.4, 0.5) is 0 Å². The molecule has 0 N–H and O–H groups in total. The van der Waals surface area contributed by atoms with Crippen LogP contribution < -0.4 is 0 Å². The molecule has 0 unspecified atom stereocenters. The van der Waals surface area contributed by atoms with E-state index in [9.17, 15) is 0 Å². The van der Waals surface area contributed by atoms with Gasteiger partial charge in [-0.3, -0.25) is 0 Å². The van der Waals surface area contributed by atoms with Gasteiger partial charge in [-0.25, -0.2) is 0 Å². The van der Waals surface area contributed by atoms with E-state index in [0.717, 1.165) is 35.5 Å². The molecule has 0 nitrogen and oxygen atoms in total. The SMILES string of the molecule is CC[C@@H](C)[C@H]1CC[C@H]2[C@@H]3CC[C@H]4C[C@H]([SiH]([Si](C)(C)C)[Si](C)(C)C)CC[C@]4(C)[C@H]3CC[C@]12C. The lowest BCUT2D eigenvalue weighted by atomic mass is 9.44. The molecule has 0 heterocycles. The normalized spacial score (nSPS) is 45.8. The molecule has 0 aromatic carbocycles. The molecule has 0 radical (unpaired) electrons. The molecular formula is C29H58Si3. The molecule has 4 aliphatic rings. The van der Waals surface area contributed by atoms with Gasteiger partial charge in [0.2, 0.25) is 0 Å². The van der Waals surface area contributed by atoms with Crippen LogP contribution in [0.2, 0.25) is 44.8 Å². The summed E-state index contributed by atoms with van der Waals surface area (Å²) in [6.45, 7) is 27.1. The van der Waals surface area contributed by atoms with E-state index < -0.39 is 23.0 Å². The van der Waals surface area contributed by atoms with Crippen molar-refractivity contribution in [3.8, 4) is 0 Å². The summed E-state index contributed by atoms with van der Waals surface area (Å²) in [4.78, 5) is 0. The maximum atomic E-state index is 2.81. The average Bonchev–Trinajstić information content (AvgIpc) is 3.02. The van der Waals surface area contributed by atoms with Crippen LogP contribution >= 0.6 is 0 Å². The summed E-state index contributed by atoms with van der Waals surface area (Å²) in [6.07, 6.45) is 15.7. The Labute approximate surface area is 205 Å². The van der Waals surface area contributed by atoms with E-state index in [0.29, 0.717) is 10.8 Å². The van der Waals surface area contributed by atoms with E-state index in [1.807, 2.05) is 0 Å². The van der Waals surface area contributed by atoms with Crippen molar-refractivity contribution in [1.29, 1.82) is 0 Å². The molecule has 0 amide bonds. The van der Waals surface area contributed by atoms with Crippen molar-refractivity contribution < 1.29 is 0 Å². The Morgan fingerprint density at radius 1 is 0.781 bits per heavy atom. The second kappa shape index (κ2) is 8.64. The van der Waals surface area contributed by atoms with Crippen LogP contribution in [-0.2, 0) is 0 Å². The van der Waals surface area contributed by atoms with E-state index in [-0.39, 0.29) is 0 Å². The molecule has 0 saturated heterocycles. The third-order valence-electron chi connectivity index (χ3n) is 12.4. The summed E-state index contributed by atoms with van der Waals surface area (Å²) in [6, 6.07) is 0. The van der Waals surface area contributed by atoms with Crippen LogP contribution in [0.3, 0.4) is 0 Å². The van der Waals surface area contributed by atoms with E-state index in [2.05, 4.69) is 67.0 Å². The van der Waals surface area contributed by atoms with Crippen LogP contribution in [-0.4, -0.2) is 23.0 Å². The number of hydrogen-bond donors (Lipinski definition) is 0. The Hall–Kier alpha value is 0.651. The molecule has 4 rings (SSSR count). The van der Waals surface area contributed by atoms with Gasteiger partial charge in [-0.15, -0.1) is 0 Å². The van der Waals surface area contributed by atoms with Crippen molar-refractivity contribution in [2.45, 2.75) is 137 Å². The van der Waals surface area contributed by atoms with Gasteiger partial charge in [0.25, 0.3) is 0 Å². The second-order valence-corrected chi connectivity index (χ2v) is 43.2. The highest BCUT2D eigenvalue weighted by Crippen LogP contribution is 2.69. The fraction of sp³-hybridized carbons (Fsp3) is 1.00. The lowest BCUT2D eigenvalue weighted by Gasteiger charge is -2.62. The van der Waals surface area contributed by atoms with E-state index in [1.165, 1.54) is 12.0 Å². The molecule has 4 aliphatic carbocycles. The highest BCUT2D eigenvalue weighted by atomic mass is 29.6. The van der Waals surface area contributed by atoms with Crippen molar-refractivity contribution in [2.24, 2.45) is 46.3 Å². The van der Waals surface area contributed by atoms with Gasteiger partial charge in [0.15, 0.2) is 0 Å². The van der Waals surface area contributed by atoms with Gasteiger partial charge >= 0.3 is 0 Å². The highest BCUT2D eigenvalue weighted by molar-refractivity contribution is 7.60. The van der Waals surface area contributed by atoms with E-state index in [4.69, 9.17) is 0 Å². The largest absolute Gasteiger partial charge is 0.0719 e. The van der Waals surface area contributed by atoms with Crippen LogP contribution in [0.15, 0.2) is 0 Å². The first kappa shape index (κ1) is 25.7. The van der Waals surface area contributed by atoms with Gasteiger partial charge in [0.1, 0.15) is 0 Å². The molecule has 0 aromatic heterocycles. The summed E-state index contributed by atoms with van der Waals surface area (Å²) < 4.78 is 0. The van der Waals surface area contributed by atoms with Crippen LogP contribution in [0.5, 0.6) is 0 Å². The first-order valence-corrected chi connectivity index (χ1v) is 26.0. The van der Waals surface area contributed by atoms with Crippen molar-refractivity contribution in [1.82, 2.24) is 0 Å². The zero-order valence-corrected chi connectivity index (χ0v) is 26.8. The summed E-state index contributed by atoms with van der Waals surface area (Å²) in [7, 11) is -2.55. The molecule has 0 aromatic rings. The minimum absolute atomic E-state index is 0.603. The molecule has 9 atom stereocenters. The summed E-state index contributed by atoms with van der Waals surface area (Å²) in [5.74, 6) is 6.22. The topological polar surface area (TPSA) is 0 Å². The Kier molecular flexibility index (Phi) is 6.95. The predicted octanol–water partition coefficient (Wildman–Crippen LogP) is 9.12. The maximum absolute atomic E-state index is 2.81. The van der Waals surface area contributed by atoms with Gasteiger partial charge in [-0.1, -0.05) is 91.8 Å². The van der Waals surface area contributed by atoms with Gasteiger partial charge in [0, 0.05) is 23.0 Å². The summed E-state index contributed by atoms with van der Waals surface area (Å²) in [5.41, 5.74) is 2.55. The third kappa shape index (κ3) is 4.14. The molecular weight excluding hydrogens is 433 g/mol. The quantitative estimate of drug-likeness (QED) is 0.337. The Morgan fingerprint density at radius 3 is 1.97 bits per heavy atom. The fourth-order valence-corrected chi connectivity index (χ4v) is 59.6. The van der Waals surface area contributed by atoms with Crippen LogP contribution in [0.1, 0.15) is 91.9 Å². The Bertz CT molecular complexity index is 661. The molecule has 186 valence electrons. The zero-order chi connectivity index (χ0) is 23.7. The minimum atomic E-state index is -0.974. The number of hydrogen-bond acceptors (Lipinski definition) is 0. The second-order valence-electron chi connectivity index (χ2n) is 16.0. The highest BCUT2D eigenvalue weighted by Gasteiger charge is 2.61. The molecule has 4 saturated carbocycles. The molecule has 4 fully saturated rings. The van der Waals surface area contributed by atoms with Crippen LogP contribution in [0, 0.1) is 46.3 Å². The predicted molar refractivity (Wildman–Crippen MR) is 152 cm³/mol. The molecule has 0 spiro atoms. The lowest BCUT2D eigenvalue weighted by molar-refractivity contribution is -0.114. The molecule has 0 bridgehead atoms. The van der Waals surface area contributed by atoms with Crippen LogP contribution in [0.25, 0.3) is 0 Å². The summed E-state index contributed by atoms with van der Waals surface area (Å²) >= 11 is 0. The Morgan fingerprint density at radius 2 is 1.38 bits per heavy atom. The van der Waals surface area contributed by atoms with Crippen molar-refractivity contribution in [3.63, 3.8) is 0 Å². The van der Waals surface area contributed by atoms with Gasteiger partial charge < -0.3 is 0 Å². The fourth-order valence-electron chi connectivity index (χ4n) is 11.6. The standard InChI is InChI=1S/C29H58Si3/c1-11-21(2)25-14-15-26-24-13-12-22-20-23(30(31(5,6)7)32(8,9)10)16-18-28(22,3)27(24)17-19-29(25,26)4/h21-27,30H,11-20H2,1-10H3/t21-,22+,23-,24+,25-,26+,27+,28+,29-/m1/s1. The first-order chi connectivity index (χ1) is 14.7. The maximum Gasteiger partial charge on any atom is 0.0327 e.